The van der Waals surface area contributed by atoms with Gasteiger partial charge in [0.2, 0.25) is 0 Å². The molecule has 188 valence electrons. The summed E-state index contributed by atoms with van der Waals surface area (Å²) in [7, 11) is 1.43. The number of carbonyl (C=O) groups is 1. The summed E-state index contributed by atoms with van der Waals surface area (Å²) in [4.78, 5) is 17.9. The molecule has 9 heteroatoms. The molecule has 0 aliphatic carbocycles. The first kappa shape index (κ1) is 26.2. The predicted molar refractivity (Wildman–Crippen MR) is 141 cm³/mol. The third kappa shape index (κ3) is 5.46. The van der Waals surface area contributed by atoms with Gasteiger partial charge in [-0.15, -0.1) is 0 Å². The second-order valence-corrected chi connectivity index (χ2v) is 9.41. The number of aryl methyl sites for hydroxylation is 1. The Labute approximate surface area is 210 Å². The Morgan fingerprint density at radius 3 is 2.25 bits per heavy atom. The topological polar surface area (TPSA) is 142 Å². The van der Waals surface area contributed by atoms with Gasteiger partial charge in [-0.25, -0.2) is 0 Å². The van der Waals surface area contributed by atoms with Gasteiger partial charge in [-0.2, -0.15) is 0 Å². The van der Waals surface area contributed by atoms with Crippen LogP contribution in [0.1, 0.15) is 60.4 Å². The van der Waals surface area contributed by atoms with Crippen molar-refractivity contribution < 1.29 is 19.9 Å². The van der Waals surface area contributed by atoms with Crippen LogP contribution in [0.2, 0.25) is 0 Å². The van der Waals surface area contributed by atoms with Crippen molar-refractivity contribution in [2.24, 2.45) is 16.0 Å². The number of pyridine rings is 1. The van der Waals surface area contributed by atoms with E-state index in [1.807, 2.05) is 58.0 Å². The van der Waals surface area contributed by atoms with Crippen LogP contribution in [0.25, 0.3) is 11.1 Å². The number of aromatic nitrogens is 1. The summed E-state index contributed by atoms with van der Waals surface area (Å²) >= 11 is 0. The van der Waals surface area contributed by atoms with Gasteiger partial charge in [-0.3, -0.25) is 9.78 Å². The lowest BCUT2D eigenvalue weighted by atomic mass is 9.84. The summed E-state index contributed by atoms with van der Waals surface area (Å²) in [6, 6.07) is 12.8. The monoisotopic (exact) mass is 489 g/mol. The van der Waals surface area contributed by atoms with E-state index >= 15 is 0 Å². The number of carbonyl (C=O) groups excluding carboxylic acids is 1. The Kier molecular flexibility index (Phi) is 7.62. The minimum Gasteiger partial charge on any atom is -0.495 e. The third-order valence-electron chi connectivity index (χ3n) is 5.90. The van der Waals surface area contributed by atoms with Crippen molar-refractivity contribution >= 4 is 23.1 Å². The molecular weight excluding hydrogens is 458 g/mol. The molecule has 0 radical (unpaired) electrons. The van der Waals surface area contributed by atoms with Gasteiger partial charge < -0.3 is 26.2 Å². The van der Waals surface area contributed by atoms with Gasteiger partial charge >= 0.3 is 0 Å². The highest BCUT2D eigenvalue weighted by Gasteiger charge is 2.25. The molecule has 0 spiro atoms. The van der Waals surface area contributed by atoms with Crippen molar-refractivity contribution in [3.8, 4) is 16.9 Å². The largest absolute Gasteiger partial charge is 0.495 e. The average molecular weight is 490 g/mol. The van der Waals surface area contributed by atoms with E-state index in [1.54, 1.807) is 25.3 Å². The lowest BCUT2D eigenvalue weighted by molar-refractivity contribution is 0.102. The van der Waals surface area contributed by atoms with E-state index < -0.39 is 5.91 Å². The van der Waals surface area contributed by atoms with Crippen molar-refractivity contribution in [3.63, 3.8) is 0 Å². The number of nitrogens with zero attached hydrogens (tertiary/aromatic N) is 3. The van der Waals surface area contributed by atoms with Gasteiger partial charge in [0.1, 0.15) is 5.75 Å². The molecule has 1 amide bonds. The lowest BCUT2D eigenvalue weighted by Crippen LogP contribution is -2.22. The van der Waals surface area contributed by atoms with E-state index in [1.165, 1.54) is 7.11 Å². The van der Waals surface area contributed by atoms with Crippen LogP contribution in [-0.4, -0.2) is 40.0 Å². The summed E-state index contributed by atoms with van der Waals surface area (Å²) in [6.07, 6.45) is 1.58. The Bertz CT molecular complexity index is 1340. The van der Waals surface area contributed by atoms with Gasteiger partial charge in [0.15, 0.2) is 5.84 Å². The van der Waals surface area contributed by atoms with E-state index in [9.17, 15) is 10.0 Å². The van der Waals surface area contributed by atoms with Crippen molar-refractivity contribution in [1.29, 1.82) is 0 Å². The minimum absolute atomic E-state index is 0.156. The SMILES string of the molecule is COc1c(C(=O)Nc2cnc(C)c(-c3ccc(/C(C)=N/O)cc3)c2)cc(C(C)(C)C)cc1C(N)=NO. The maximum absolute atomic E-state index is 13.4. The first-order chi connectivity index (χ1) is 17.0. The predicted octanol–water partition coefficient (Wildman–Crippen LogP) is 4.91. The number of hydrogen-bond acceptors (Lipinski definition) is 7. The van der Waals surface area contributed by atoms with Gasteiger partial charge in [0.05, 0.1) is 35.8 Å². The highest BCUT2D eigenvalue weighted by Crippen LogP contribution is 2.33. The zero-order chi connectivity index (χ0) is 26.6. The van der Waals surface area contributed by atoms with E-state index in [-0.39, 0.29) is 22.6 Å². The molecule has 3 aromatic rings. The molecule has 0 atom stereocenters. The molecule has 0 unspecified atom stereocenters. The molecule has 5 N–H and O–H groups in total. The summed E-state index contributed by atoms with van der Waals surface area (Å²) in [5.74, 6) is -0.379. The number of anilines is 1. The van der Waals surface area contributed by atoms with Gasteiger partial charge in [0.25, 0.3) is 5.91 Å². The van der Waals surface area contributed by atoms with Gasteiger partial charge in [-0.05, 0) is 54.2 Å². The van der Waals surface area contributed by atoms with E-state index in [2.05, 4.69) is 20.6 Å². The minimum atomic E-state index is -0.424. The fraction of sp³-hybridized carbons (Fsp3) is 0.259. The van der Waals surface area contributed by atoms with Crippen molar-refractivity contribution in [2.75, 3.05) is 12.4 Å². The number of nitrogens with one attached hydrogen (secondary N) is 1. The second-order valence-electron chi connectivity index (χ2n) is 9.41. The molecule has 0 aliphatic rings. The van der Waals surface area contributed by atoms with E-state index in [0.29, 0.717) is 17.0 Å². The zero-order valence-electron chi connectivity index (χ0n) is 21.2. The number of ether oxygens (including phenoxy) is 1. The van der Waals surface area contributed by atoms with Crippen molar-refractivity contribution in [2.45, 2.75) is 40.0 Å². The number of oxime groups is 2. The maximum Gasteiger partial charge on any atom is 0.259 e. The molecule has 36 heavy (non-hydrogen) atoms. The fourth-order valence-electron chi connectivity index (χ4n) is 3.74. The van der Waals surface area contributed by atoms with Crippen LogP contribution in [-0.2, 0) is 5.41 Å². The molecule has 0 bridgehead atoms. The molecule has 0 fully saturated rings. The molecule has 9 nitrogen and oxygen atoms in total. The van der Waals surface area contributed by atoms with Crippen LogP contribution in [0.15, 0.2) is 59.0 Å². The van der Waals surface area contributed by atoms with E-state index in [0.717, 1.165) is 27.9 Å². The number of hydrogen-bond donors (Lipinski definition) is 4. The molecular formula is C27H31N5O4. The number of benzene rings is 2. The van der Waals surface area contributed by atoms with Crippen LogP contribution >= 0.6 is 0 Å². The Hall–Kier alpha value is -4.40. The molecule has 0 aliphatic heterocycles. The number of nitrogens with two attached hydrogens (primary N) is 1. The maximum atomic E-state index is 13.4. The van der Waals surface area contributed by atoms with Crippen molar-refractivity contribution in [3.05, 3.63) is 76.6 Å². The molecule has 1 heterocycles. The van der Waals surface area contributed by atoms with Crippen LogP contribution in [0.5, 0.6) is 5.75 Å². The third-order valence-corrected chi connectivity index (χ3v) is 5.90. The number of rotatable bonds is 6. The second kappa shape index (κ2) is 10.5. The van der Waals surface area contributed by atoms with E-state index in [4.69, 9.17) is 15.7 Å². The molecule has 0 saturated carbocycles. The van der Waals surface area contributed by atoms with Crippen LogP contribution in [0.4, 0.5) is 5.69 Å². The fourth-order valence-corrected chi connectivity index (χ4v) is 3.74. The molecule has 3 rings (SSSR count). The Balaban J connectivity index is 2.03. The average Bonchev–Trinajstić information content (AvgIpc) is 2.87. The Morgan fingerprint density at radius 1 is 1.06 bits per heavy atom. The highest BCUT2D eigenvalue weighted by molar-refractivity contribution is 6.10. The summed E-state index contributed by atoms with van der Waals surface area (Å²) < 4.78 is 5.50. The summed E-state index contributed by atoms with van der Waals surface area (Å²) in [6.45, 7) is 9.60. The number of methoxy groups -OCH3 is 1. The van der Waals surface area contributed by atoms with Gasteiger partial charge in [-0.1, -0.05) is 55.3 Å². The van der Waals surface area contributed by atoms with Crippen molar-refractivity contribution in [1.82, 2.24) is 4.98 Å². The van der Waals surface area contributed by atoms with Crippen LogP contribution in [0.3, 0.4) is 0 Å². The lowest BCUT2D eigenvalue weighted by Gasteiger charge is -2.23. The molecule has 0 saturated heterocycles. The number of amidine groups is 1. The normalized spacial score (nSPS) is 12.4. The first-order valence-corrected chi connectivity index (χ1v) is 11.3. The standard InChI is InChI=1S/C27H31N5O4/c1-15(31-34)17-7-9-18(10-8-17)21-13-20(14-29-16(21)2)30-26(33)23-12-19(27(3,4)5)11-22(24(23)36-6)25(28)32-35/h7-14,34-35H,1-6H3,(H2,28,32)(H,30,33)/b31-15+. The first-order valence-electron chi connectivity index (χ1n) is 11.3. The summed E-state index contributed by atoms with van der Waals surface area (Å²) in [5.41, 5.74) is 11.3. The van der Waals surface area contributed by atoms with Gasteiger partial charge in [0, 0.05) is 11.3 Å². The Morgan fingerprint density at radius 2 is 1.69 bits per heavy atom. The number of amides is 1. The molecule has 2 aromatic carbocycles. The van der Waals surface area contributed by atoms with Crippen LogP contribution in [0, 0.1) is 6.92 Å². The molecule has 1 aromatic heterocycles. The smallest absolute Gasteiger partial charge is 0.259 e. The highest BCUT2D eigenvalue weighted by atomic mass is 16.5. The zero-order valence-corrected chi connectivity index (χ0v) is 21.2. The van der Waals surface area contributed by atoms with Crippen LogP contribution < -0.4 is 15.8 Å². The summed E-state index contributed by atoms with van der Waals surface area (Å²) in [5, 5.41) is 27.5. The quantitative estimate of drug-likeness (QED) is 0.168.